The molecule has 3 N–H and O–H groups in total. The summed E-state index contributed by atoms with van der Waals surface area (Å²) in [4.78, 5) is 22.3. The number of nitrogens with one attached hydrogen (secondary N) is 1. The minimum Gasteiger partial charge on any atom is -0.493 e. The maximum atomic E-state index is 12.9. The molecule has 0 fully saturated rings. The average molecular weight is 445 g/mol. The van der Waals surface area contributed by atoms with Gasteiger partial charge < -0.3 is 25.3 Å². The molecule has 0 spiro atoms. The second-order valence-electron chi connectivity index (χ2n) is 7.33. The molecule has 9 nitrogen and oxygen atoms in total. The lowest BCUT2D eigenvalue weighted by Crippen LogP contribution is -2.51. The van der Waals surface area contributed by atoms with Gasteiger partial charge in [0, 0.05) is 18.7 Å². The Morgan fingerprint density at radius 2 is 1.87 bits per heavy atom. The molecule has 0 saturated carbocycles. The van der Waals surface area contributed by atoms with E-state index in [9.17, 15) is 18.0 Å². The van der Waals surface area contributed by atoms with Crippen molar-refractivity contribution >= 4 is 21.7 Å². The standard InChI is InChI=1S/C20H32N2O7S/c1-7-28-18-11-15(8-9-17(18)27-5)20(12-21,30(6,25)26)29-19(24)16(10-13(2)3)22-14(4)23/h8-9,11,13,16H,7,10,12,21H2,1-6H3,(H,22,23)/t16-,20+/m1/s1. The molecule has 1 aromatic rings. The largest absolute Gasteiger partial charge is 0.493 e. The zero-order valence-electron chi connectivity index (χ0n) is 18.4. The van der Waals surface area contributed by atoms with Gasteiger partial charge in [-0.05, 0) is 37.5 Å². The van der Waals surface area contributed by atoms with Crippen molar-refractivity contribution in [2.24, 2.45) is 11.7 Å². The van der Waals surface area contributed by atoms with Crippen LogP contribution in [0.25, 0.3) is 0 Å². The monoisotopic (exact) mass is 444 g/mol. The Morgan fingerprint density at radius 1 is 1.23 bits per heavy atom. The fourth-order valence-electron chi connectivity index (χ4n) is 3.01. The number of benzene rings is 1. The molecule has 0 unspecified atom stereocenters. The molecule has 170 valence electrons. The highest BCUT2D eigenvalue weighted by Crippen LogP contribution is 2.37. The second-order valence-corrected chi connectivity index (χ2v) is 9.54. The van der Waals surface area contributed by atoms with Gasteiger partial charge in [0.2, 0.25) is 10.8 Å². The van der Waals surface area contributed by atoms with Gasteiger partial charge in [-0.1, -0.05) is 13.8 Å². The van der Waals surface area contributed by atoms with E-state index in [1.165, 1.54) is 32.2 Å². The van der Waals surface area contributed by atoms with Crippen LogP contribution >= 0.6 is 0 Å². The predicted molar refractivity (Wildman–Crippen MR) is 113 cm³/mol. The van der Waals surface area contributed by atoms with Crippen LogP contribution in [0.4, 0.5) is 0 Å². The Morgan fingerprint density at radius 3 is 2.30 bits per heavy atom. The highest BCUT2D eigenvalue weighted by Gasteiger charge is 2.47. The summed E-state index contributed by atoms with van der Waals surface area (Å²) in [5.41, 5.74) is 5.98. The van der Waals surface area contributed by atoms with Crippen molar-refractivity contribution in [1.29, 1.82) is 0 Å². The molecule has 1 aromatic carbocycles. The van der Waals surface area contributed by atoms with E-state index in [1.807, 2.05) is 13.8 Å². The first-order valence-electron chi connectivity index (χ1n) is 9.62. The number of hydrogen-bond donors (Lipinski definition) is 2. The minimum atomic E-state index is -4.04. The van der Waals surface area contributed by atoms with Crippen LogP contribution in [0.15, 0.2) is 18.2 Å². The quantitative estimate of drug-likeness (QED) is 0.489. The van der Waals surface area contributed by atoms with Gasteiger partial charge in [0.25, 0.3) is 0 Å². The van der Waals surface area contributed by atoms with Gasteiger partial charge in [-0.15, -0.1) is 0 Å². The van der Waals surface area contributed by atoms with Crippen molar-refractivity contribution < 1.29 is 32.2 Å². The maximum absolute atomic E-state index is 12.9. The molecule has 0 aromatic heterocycles. The lowest BCUT2D eigenvalue weighted by atomic mass is 10.0. The average Bonchev–Trinajstić information content (AvgIpc) is 2.64. The SMILES string of the molecule is CCOc1cc([C@@](CN)(OC(=O)[C@@H](CC(C)C)NC(C)=O)S(C)(=O)=O)ccc1OC. The number of ether oxygens (including phenoxy) is 3. The fourth-order valence-corrected chi connectivity index (χ4v) is 4.10. The van der Waals surface area contributed by atoms with Gasteiger partial charge in [-0.2, -0.15) is 0 Å². The number of esters is 1. The van der Waals surface area contributed by atoms with Crippen molar-refractivity contribution in [2.75, 3.05) is 26.5 Å². The number of sulfone groups is 1. The van der Waals surface area contributed by atoms with Crippen LogP contribution in [0.2, 0.25) is 0 Å². The summed E-state index contributed by atoms with van der Waals surface area (Å²) in [5, 5.41) is 2.52. The topological polar surface area (TPSA) is 134 Å². The van der Waals surface area contributed by atoms with Crippen molar-refractivity contribution in [2.45, 2.75) is 45.1 Å². The van der Waals surface area contributed by atoms with Crippen LogP contribution in [-0.4, -0.2) is 52.9 Å². The molecule has 30 heavy (non-hydrogen) atoms. The van der Waals surface area contributed by atoms with Crippen LogP contribution in [0.1, 0.15) is 39.7 Å². The Hall–Kier alpha value is -2.33. The molecule has 1 amide bonds. The smallest absolute Gasteiger partial charge is 0.330 e. The molecule has 0 bridgehead atoms. The van der Waals surface area contributed by atoms with Gasteiger partial charge >= 0.3 is 5.97 Å². The highest BCUT2D eigenvalue weighted by molar-refractivity contribution is 7.91. The van der Waals surface area contributed by atoms with Crippen LogP contribution in [0, 0.1) is 5.92 Å². The van der Waals surface area contributed by atoms with E-state index in [4.69, 9.17) is 19.9 Å². The van der Waals surface area contributed by atoms with E-state index in [0.717, 1.165) is 6.26 Å². The van der Waals surface area contributed by atoms with Crippen molar-refractivity contribution in [3.05, 3.63) is 23.8 Å². The first kappa shape index (κ1) is 25.7. The van der Waals surface area contributed by atoms with E-state index in [0.29, 0.717) is 12.4 Å². The molecule has 1 rings (SSSR count). The Labute approximate surface area is 178 Å². The summed E-state index contributed by atoms with van der Waals surface area (Å²) in [6, 6.07) is 3.39. The third-order valence-electron chi connectivity index (χ3n) is 4.41. The number of rotatable bonds is 11. The maximum Gasteiger partial charge on any atom is 0.330 e. The lowest BCUT2D eigenvalue weighted by Gasteiger charge is -2.33. The molecule has 2 atom stereocenters. The molecular formula is C20H32N2O7S. The normalized spacial score (nSPS) is 14.5. The number of carbonyl (C=O) groups excluding carboxylic acids is 2. The lowest BCUT2D eigenvalue weighted by molar-refractivity contribution is -0.156. The van der Waals surface area contributed by atoms with Gasteiger partial charge in [0.15, 0.2) is 21.3 Å². The summed E-state index contributed by atoms with van der Waals surface area (Å²) >= 11 is 0. The molecular weight excluding hydrogens is 412 g/mol. The van der Waals surface area contributed by atoms with Gasteiger partial charge in [-0.25, -0.2) is 13.2 Å². The minimum absolute atomic E-state index is 0.0467. The van der Waals surface area contributed by atoms with Crippen LogP contribution < -0.4 is 20.5 Å². The highest BCUT2D eigenvalue weighted by atomic mass is 32.2. The summed E-state index contributed by atoms with van der Waals surface area (Å²) < 4.78 is 41.9. The van der Waals surface area contributed by atoms with Crippen LogP contribution in [0.3, 0.4) is 0 Å². The Bertz CT molecular complexity index is 855. The first-order chi connectivity index (χ1) is 13.9. The van der Waals surface area contributed by atoms with Crippen molar-refractivity contribution in [1.82, 2.24) is 5.32 Å². The van der Waals surface area contributed by atoms with Crippen LogP contribution in [-0.2, 0) is 29.1 Å². The zero-order valence-corrected chi connectivity index (χ0v) is 19.2. The summed E-state index contributed by atoms with van der Waals surface area (Å²) in [5.74, 6) is -0.592. The Kier molecular flexibility index (Phi) is 9.10. The number of hydrogen-bond acceptors (Lipinski definition) is 8. The molecule has 0 saturated heterocycles. The first-order valence-corrected chi connectivity index (χ1v) is 11.5. The van der Waals surface area contributed by atoms with E-state index in [-0.39, 0.29) is 23.7 Å². The number of amides is 1. The third-order valence-corrected chi connectivity index (χ3v) is 6.09. The van der Waals surface area contributed by atoms with Crippen molar-refractivity contribution in [3.63, 3.8) is 0 Å². The van der Waals surface area contributed by atoms with Gasteiger partial charge in [0.05, 0.1) is 20.3 Å². The fraction of sp³-hybridized carbons (Fsp3) is 0.600. The number of nitrogens with two attached hydrogens (primary N) is 1. The van der Waals surface area contributed by atoms with E-state index < -0.39 is 39.2 Å². The van der Waals surface area contributed by atoms with Gasteiger partial charge in [-0.3, -0.25) is 4.79 Å². The number of carbonyl (C=O) groups is 2. The predicted octanol–water partition coefficient (Wildman–Crippen LogP) is 1.34. The van der Waals surface area contributed by atoms with Gasteiger partial charge in [0.1, 0.15) is 6.04 Å². The van der Waals surface area contributed by atoms with Crippen LogP contribution in [0.5, 0.6) is 11.5 Å². The molecule has 0 aliphatic carbocycles. The molecule has 10 heteroatoms. The summed E-state index contributed by atoms with van der Waals surface area (Å²) in [6.07, 6.45) is 1.21. The van der Waals surface area contributed by atoms with Crippen molar-refractivity contribution in [3.8, 4) is 11.5 Å². The number of methoxy groups -OCH3 is 1. The summed E-state index contributed by atoms with van der Waals surface area (Å²) in [6.45, 7) is 6.56. The van der Waals surface area contributed by atoms with E-state index in [2.05, 4.69) is 5.32 Å². The molecule has 0 aliphatic heterocycles. The molecule has 0 aliphatic rings. The molecule has 0 radical (unpaired) electrons. The third kappa shape index (κ3) is 6.09. The zero-order chi connectivity index (χ0) is 23.1. The summed E-state index contributed by atoms with van der Waals surface area (Å²) in [7, 11) is -2.59. The second kappa shape index (κ2) is 10.6. The van der Waals surface area contributed by atoms with E-state index >= 15 is 0 Å². The van der Waals surface area contributed by atoms with E-state index in [1.54, 1.807) is 6.92 Å². The molecule has 0 heterocycles. The Balaban J connectivity index is 3.51.